The maximum absolute atomic E-state index is 12.3. The summed E-state index contributed by atoms with van der Waals surface area (Å²) in [5, 5.41) is 10.5. The van der Waals surface area contributed by atoms with Gasteiger partial charge in [-0.2, -0.15) is 10.2 Å². The number of carbonyl (C=O) groups excluding carboxylic acids is 2. The molecule has 0 saturated carbocycles. The van der Waals surface area contributed by atoms with Crippen LogP contribution in [0.2, 0.25) is 0 Å². The van der Waals surface area contributed by atoms with E-state index in [1.54, 1.807) is 23.2 Å². The molecule has 6 heteroatoms. The predicted octanol–water partition coefficient (Wildman–Crippen LogP) is 0.350. The van der Waals surface area contributed by atoms with Crippen molar-refractivity contribution in [1.29, 1.82) is 0 Å². The van der Waals surface area contributed by atoms with E-state index >= 15 is 0 Å². The molecule has 1 saturated heterocycles. The highest BCUT2D eigenvalue weighted by Gasteiger charge is 2.35. The number of rotatable bonds is 4. The molecule has 0 aliphatic carbocycles. The Hall–Kier alpha value is -1.98. The van der Waals surface area contributed by atoms with E-state index in [4.69, 9.17) is 0 Å². The van der Waals surface area contributed by atoms with Gasteiger partial charge in [-0.1, -0.05) is 20.3 Å². The van der Waals surface area contributed by atoms with E-state index in [-0.39, 0.29) is 24.3 Å². The molecule has 1 aromatic rings. The number of carbonyl (C=O) groups is 2. The van der Waals surface area contributed by atoms with E-state index in [0.717, 1.165) is 6.42 Å². The van der Waals surface area contributed by atoms with Crippen LogP contribution in [-0.2, 0) is 16.1 Å². The van der Waals surface area contributed by atoms with Crippen LogP contribution < -0.4 is 5.32 Å². The van der Waals surface area contributed by atoms with Gasteiger partial charge in [-0.3, -0.25) is 9.59 Å². The summed E-state index contributed by atoms with van der Waals surface area (Å²) in [5.41, 5.74) is 0.688. The number of hydrogen-bond acceptors (Lipinski definition) is 4. The molecule has 102 valence electrons. The van der Waals surface area contributed by atoms with Gasteiger partial charge in [-0.05, 0) is 18.1 Å². The number of amides is 2. The first-order valence-electron chi connectivity index (χ1n) is 6.46. The highest BCUT2D eigenvalue weighted by atomic mass is 16.2. The van der Waals surface area contributed by atoms with Crippen LogP contribution in [0.1, 0.15) is 26.0 Å². The second kappa shape index (κ2) is 5.77. The third-order valence-electron chi connectivity index (χ3n) is 3.42. The molecule has 1 N–H and O–H groups in total. The fourth-order valence-electron chi connectivity index (χ4n) is 2.10. The Morgan fingerprint density at radius 2 is 2.32 bits per heavy atom. The first-order valence-corrected chi connectivity index (χ1v) is 6.46. The summed E-state index contributed by atoms with van der Waals surface area (Å²) in [6.07, 6.45) is 2.42. The van der Waals surface area contributed by atoms with Gasteiger partial charge in [0, 0.05) is 6.20 Å². The molecule has 1 aromatic heterocycles. The Bertz CT molecular complexity index is 463. The Balaban J connectivity index is 2.11. The highest BCUT2D eigenvalue weighted by molar-refractivity contribution is 5.94. The molecule has 0 aromatic carbocycles. The van der Waals surface area contributed by atoms with Gasteiger partial charge in [0.2, 0.25) is 11.8 Å². The second-order valence-corrected chi connectivity index (χ2v) is 4.84. The SMILES string of the molecule is CCC(C)C1NC(=O)CN(Cc2cccnn2)C1=O. The lowest BCUT2D eigenvalue weighted by Gasteiger charge is -2.34. The van der Waals surface area contributed by atoms with Crippen LogP contribution in [0, 0.1) is 5.92 Å². The summed E-state index contributed by atoms with van der Waals surface area (Å²) in [7, 11) is 0. The second-order valence-electron chi connectivity index (χ2n) is 4.84. The van der Waals surface area contributed by atoms with E-state index in [1.165, 1.54) is 0 Å². The largest absolute Gasteiger partial charge is 0.342 e. The Labute approximate surface area is 112 Å². The molecule has 2 atom stereocenters. The van der Waals surface area contributed by atoms with Gasteiger partial charge >= 0.3 is 0 Å². The van der Waals surface area contributed by atoms with Crippen molar-refractivity contribution in [3.05, 3.63) is 24.0 Å². The average Bonchev–Trinajstić information content (AvgIpc) is 2.42. The van der Waals surface area contributed by atoms with Gasteiger partial charge in [-0.15, -0.1) is 0 Å². The summed E-state index contributed by atoms with van der Waals surface area (Å²) in [5.74, 6) is -0.0329. The summed E-state index contributed by atoms with van der Waals surface area (Å²) < 4.78 is 0. The predicted molar refractivity (Wildman–Crippen MR) is 68.8 cm³/mol. The lowest BCUT2D eigenvalue weighted by atomic mass is 9.96. The van der Waals surface area contributed by atoms with Crippen molar-refractivity contribution in [2.24, 2.45) is 5.92 Å². The molecule has 1 aliphatic rings. The molecule has 6 nitrogen and oxygen atoms in total. The van der Waals surface area contributed by atoms with E-state index in [0.29, 0.717) is 12.2 Å². The summed E-state index contributed by atoms with van der Waals surface area (Å²) >= 11 is 0. The zero-order valence-electron chi connectivity index (χ0n) is 11.2. The number of piperazine rings is 1. The van der Waals surface area contributed by atoms with Gasteiger partial charge in [0.25, 0.3) is 0 Å². The van der Waals surface area contributed by atoms with Gasteiger partial charge in [0.15, 0.2) is 0 Å². The van der Waals surface area contributed by atoms with Crippen molar-refractivity contribution in [3.63, 3.8) is 0 Å². The van der Waals surface area contributed by atoms with Crippen molar-refractivity contribution in [2.45, 2.75) is 32.9 Å². The molecule has 19 heavy (non-hydrogen) atoms. The van der Waals surface area contributed by atoms with Gasteiger partial charge in [0.1, 0.15) is 12.6 Å². The minimum atomic E-state index is -0.428. The maximum atomic E-state index is 12.3. The molecule has 0 bridgehead atoms. The summed E-state index contributed by atoms with van der Waals surface area (Å²) in [4.78, 5) is 25.6. The molecular formula is C13H18N4O2. The number of hydrogen-bond donors (Lipinski definition) is 1. The minimum Gasteiger partial charge on any atom is -0.342 e. The zero-order chi connectivity index (χ0) is 13.8. The smallest absolute Gasteiger partial charge is 0.246 e. The highest BCUT2D eigenvalue weighted by Crippen LogP contribution is 2.15. The van der Waals surface area contributed by atoms with Crippen molar-refractivity contribution < 1.29 is 9.59 Å². The van der Waals surface area contributed by atoms with Crippen molar-refractivity contribution in [3.8, 4) is 0 Å². The average molecular weight is 262 g/mol. The van der Waals surface area contributed by atoms with Crippen LogP contribution in [0.25, 0.3) is 0 Å². The van der Waals surface area contributed by atoms with Gasteiger partial charge < -0.3 is 10.2 Å². The Kier molecular flexibility index (Phi) is 4.09. The number of nitrogens with zero attached hydrogens (tertiary/aromatic N) is 3. The Morgan fingerprint density at radius 3 is 2.95 bits per heavy atom. The standard InChI is InChI=1S/C13H18N4O2/c1-3-9(2)12-13(19)17(8-11(18)15-12)7-10-5-4-6-14-16-10/h4-6,9,12H,3,7-8H2,1-2H3,(H,15,18). The lowest BCUT2D eigenvalue weighted by molar-refractivity contribution is -0.146. The normalized spacial score (nSPS) is 21.2. The monoisotopic (exact) mass is 262 g/mol. The fourth-order valence-corrected chi connectivity index (χ4v) is 2.10. The summed E-state index contributed by atoms with van der Waals surface area (Å²) in [6, 6.07) is 3.14. The molecule has 2 amide bonds. The van der Waals surface area contributed by atoms with Crippen LogP contribution >= 0.6 is 0 Å². The maximum Gasteiger partial charge on any atom is 0.246 e. The number of aromatic nitrogens is 2. The lowest BCUT2D eigenvalue weighted by Crippen LogP contribution is -2.59. The van der Waals surface area contributed by atoms with Gasteiger partial charge in [-0.25, -0.2) is 0 Å². The van der Waals surface area contributed by atoms with E-state index in [2.05, 4.69) is 15.5 Å². The third-order valence-corrected chi connectivity index (χ3v) is 3.42. The zero-order valence-corrected chi connectivity index (χ0v) is 11.2. The molecule has 1 aliphatic heterocycles. The topological polar surface area (TPSA) is 75.2 Å². The van der Waals surface area contributed by atoms with E-state index in [1.807, 2.05) is 13.8 Å². The minimum absolute atomic E-state index is 0.0420. The molecule has 1 fully saturated rings. The van der Waals surface area contributed by atoms with Crippen LogP contribution in [0.4, 0.5) is 0 Å². The number of nitrogens with one attached hydrogen (secondary N) is 1. The van der Waals surface area contributed by atoms with E-state index in [9.17, 15) is 9.59 Å². The van der Waals surface area contributed by atoms with Crippen LogP contribution in [-0.4, -0.2) is 39.5 Å². The quantitative estimate of drug-likeness (QED) is 0.849. The molecule has 2 heterocycles. The van der Waals surface area contributed by atoms with Crippen LogP contribution in [0.5, 0.6) is 0 Å². The Morgan fingerprint density at radius 1 is 1.53 bits per heavy atom. The first kappa shape index (κ1) is 13.5. The fraction of sp³-hybridized carbons (Fsp3) is 0.538. The first-order chi connectivity index (χ1) is 9.11. The van der Waals surface area contributed by atoms with Crippen molar-refractivity contribution in [1.82, 2.24) is 20.4 Å². The molecule has 2 rings (SSSR count). The van der Waals surface area contributed by atoms with Crippen LogP contribution in [0.15, 0.2) is 18.3 Å². The summed E-state index contributed by atoms with van der Waals surface area (Å²) in [6.45, 7) is 4.38. The molecule has 2 unspecified atom stereocenters. The van der Waals surface area contributed by atoms with Gasteiger partial charge in [0.05, 0.1) is 12.2 Å². The molecule has 0 radical (unpaired) electrons. The van der Waals surface area contributed by atoms with Crippen LogP contribution in [0.3, 0.4) is 0 Å². The van der Waals surface area contributed by atoms with E-state index < -0.39 is 6.04 Å². The van der Waals surface area contributed by atoms with Crippen molar-refractivity contribution >= 4 is 11.8 Å². The van der Waals surface area contributed by atoms with Crippen molar-refractivity contribution in [2.75, 3.05) is 6.54 Å². The molecule has 0 spiro atoms. The molecular weight excluding hydrogens is 244 g/mol. The third kappa shape index (κ3) is 3.07.